The van der Waals surface area contributed by atoms with Gasteiger partial charge in [0.1, 0.15) is 0 Å². The highest BCUT2D eigenvalue weighted by molar-refractivity contribution is 5.92. The van der Waals surface area contributed by atoms with Crippen LogP contribution in [0.3, 0.4) is 0 Å². The molecule has 1 aliphatic rings. The predicted octanol–water partition coefficient (Wildman–Crippen LogP) is 2.54. The molecule has 4 rings (SSSR count). The van der Waals surface area contributed by atoms with Gasteiger partial charge in [-0.2, -0.15) is 0 Å². The molecular weight excluding hydrogens is 366 g/mol. The van der Waals surface area contributed by atoms with Gasteiger partial charge in [-0.25, -0.2) is 0 Å². The molecule has 0 bridgehead atoms. The van der Waals surface area contributed by atoms with Gasteiger partial charge in [0.15, 0.2) is 0 Å². The van der Waals surface area contributed by atoms with Crippen LogP contribution in [0.25, 0.3) is 0 Å². The summed E-state index contributed by atoms with van der Waals surface area (Å²) in [5, 5.41) is 2.98. The van der Waals surface area contributed by atoms with E-state index in [-0.39, 0.29) is 17.4 Å². The molecule has 1 amide bonds. The van der Waals surface area contributed by atoms with Crippen LogP contribution in [-0.4, -0.2) is 33.5 Å². The maximum atomic E-state index is 12.7. The van der Waals surface area contributed by atoms with Gasteiger partial charge in [-0.05, 0) is 42.7 Å². The van der Waals surface area contributed by atoms with Crippen LogP contribution < -0.4 is 15.8 Å². The Kier molecular flexibility index (Phi) is 5.65. The summed E-state index contributed by atoms with van der Waals surface area (Å²) in [7, 11) is 0. The highest BCUT2D eigenvalue weighted by atomic mass is 16.2. The molecule has 3 aromatic rings. The molecule has 1 fully saturated rings. The second kappa shape index (κ2) is 8.68. The molecule has 0 saturated carbocycles. The van der Waals surface area contributed by atoms with E-state index in [9.17, 15) is 9.59 Å². The molecular formula is C22H23N5O2. The van der Waals surface area contributed by atoms with Crippen LogP contribution in [0.1, 0.15) is 18.4 Å². The fraction of sp³-hybridized carbons (Fsp3) is 0.273. The summed E-state index contributed by atoms with van der Waals surface area (Å²) in [6.07, 6.45) is 10.3. The average Bonchev–Trinajstić information content (AvgIpc) is 2.77. The molecule has 0 radical (unpaired) electrons. The van der Waals surface area contributed by atoms with Crippen LogP contribution in [0, 0.1) is 5.92 Å². The van der Waals surface area contributed by atoms with E-state index in [1.165, 1.54) is 6.07 Å². The Bertz CT molecular complexity index is 1010. The quantitative estimate of drug-likeness (QED) is 0.725. The lowest BCUT2D eigenvalue weighted by molar-refractivity contribution is -0.120. The summed E-state index contributed by atoms with van der Waals surface area (Å²) in [5.41, 5.74) is 2.59. The first-order chi connectivity index (χ1) is 14.2. The molecule has 7 nitrogen and oxygen atoms in total. The Morgan fingerprint density at radius 2 is 1.83 bits per heavy atom. The number of nitrogens with one attached hydrogen (secondary N) is 1. The minimum absolute atomic E-state index is 0.00551. The SMILES string of the molecule is O=C(Nc1ccc(=O)n(Cc2cccnc2)c1)C1CCN(c2ccncc2)CC1. The van der Waals surface area contributed by atoms with Gasteiger partial charge in [0.05, 0.1) is 12.2 Å². The highest BCUT2D eigenvalue weighted by Gasteiger charge is 2.25. The van der Waals surface area contributed by atoms with E-state index in [0.29, 0.717) is 12.2 Å². The molecule has 0 atom stereocenters. The van der Waals surface area contributed by atoms with E-state index >= 15 is 0 Å². The van der Waals surface area contributed by atoms with E-state index in [1.54, 1.807) is 41.6 Å². The molecule has 0 aromatic carbocycles. The number of hydrogen-bond acceptors (Lipinski definition) is 5. The van der Waals surface area contributed by atoms with Crippen LogP contribution in [0.4, 0.5) is 11.4 Å². The Morgan fingerprint density at radius 1 is 1.03 bits per heavy atom. The van der Waals surface area contributed by atoms with E-state index in [0.717, 1.165) is 37.2 Å². The number of pyridine rings is 3. The maximum absolute atomic E-state index is 12.7. The van der Waals surface area contributed by atoms with Gasteiger partial charge in [-0.15, -0.1) is 0 Å². The smallest absolute Gasteiger partial charge is 0.250 e. The molecule has 148 valence electrons. The standard InChI is InChI=1S/C22H23N5O2/c28-21-4-3-19(16-27(21)15-17-2-1-9-24-14-17)25-22(29)18-7-12-26(13-8-18)20-5-10-23-11-6-20/h1-6,9-11,14,16,18H,7-8,12-13,15H2,(H,25,29). The van der Waals surface area contributed by atoms with Gasteiger partial charge >= 0.3 is 0 Å². The largest absolute Gasteiger partial charge is 0.371 e. The van der Waals surface area contributed by atoms with Gasteiger partial charge in [0.2, 0.25) is 5.91 Å². The number of hydrogen-bond donors (Lipinski definition) is 1. The fourth-order valence-electron chi connectivity index (χ4n) is 3.62. The number of carbonyl (C=O) groups excluding carboxylic acids is 1. The monoisotopic (exact) mass is 389 g/mol. The number of piperidine rings is 1. The number of rotatable bonds is 5. The zero-order valence-electron chi connectivity index (χ0n) is 16.1. The summed E-state index contributed by atoms with van der Waals surface area (Å²) >= 11 is 0. The minimum Gasteiger partial charge on any atom is -0.371 e. The topological polar surface area (TPSA) is 80.1 Å². The molecule has 7 heteroatoms. The second-order valence-corrected chi connectivity index (χ2v) is 7.20. The Morgan fingerprint density at radius 3 is 2.55 bits per heavy atom. The van der Waals surface area contributed by atoms with Crippen molar-refractivity contribution in [2.75, 3.05) is 23.3 Å². The van der Waals surface area contributed by atoms with Crippen molar-refractivity contribution in [3.63, 3.8) is 0 Å². The van der Waals surface area contributed by atoms with Crippen molar-refractivity contribution in [3.05, 3.63) is 83.3 Å². The molecule has 1 aliphatic heterocycles. The van der Waals surface area contributed by atoms with Crippen LogP contribution >= 0.6 is 0 Å². The van der Waals surface area contributed by atoms with Crippen molar-refractivity contribution >= 4 is 17.3 Å². The molecule has 4 heterocycles. The lowest BCUT2D eigenvalue weighted by Gasteiger charge is -2.32. The molecule has 0 aliphatic carbocycles. The Balaban J connectivity index is 1.37. The van der Waals surface area contributed by atoms with E-state index in [4.69, 9.17) is 0 Å². The lowest BCUT2D eigenvalue weighted by atomic mass is 9.95. The van der Waals surface area contributed by atoms with E-state index in [1.807, 2.05) is 24.3 Å². The zero-order chi connectivity index (χ0) is 20.1. The number of nitrogens with zero attached hydrogens (tertiary/aromatic N) is 4. The van der Waals surface area contributed by atoms with Crippen LogP contribution in [0.5, 0.6) is 0 Å². The summed E-state index contributed by atoms with van der Waals surface area (Å²) in [4.78, 5) is 35.3. The van der Waals surface area contributed by atoms with Gasteiger partial charge < -0.3 is 14.8 Å². The van der Waals surface area contributed by atoms with E-state index < -0.39 is 0 Å². The number of aromatic nitrogens is 3. The van der Waals surface area contributed by atoms with Crippen molar-refractivity contribution in [2.45, 2.75) is 19.4 Å². The van der Waals surface area contributed by atoms with Gasteiger partial charge in [0.25, 0.3) is 5.56 Å². The van der Waals surface area contributed by atoms with Crippen molar-refractivity contribution in [2.24, 2.45) is 5.92 Å². The molecule has 1 saturated heterocycles. The first-order valence-electron chi connectivity index (χ1n) is 9.74. The van der Waals surface area contributed by atoms with Crippen molar-refractivity contribution in [3.8, 4) is 0 Å². The molecule has 1 N–H and O–H groups in total. The first-order valence-corrected chi connectivity index (χ1v) is 9.74. The summed E-state index contributed by atoms with van der Waals surface area (Å²) in [6, 6.07) is 10.9. The van der Waals surface area contributed by atoms with Gasteiger partial charge in [-0.3, -0.25) is 19.6 Å². The second-order valence-electron chi connectivity index (χ2n) is 7.20. The van der Waals surface area contributed by atoms with Crippen molar-refractivity contribution in [1.29, 1.82) is 0 Å². The number of amides is 1. The average molecular weight is 389 g/mol. The van der Waals surface area contributed by atoms with Crippen LogP contribution in [-0.2, 0) is 11.3 Å². The lowest BCUT2D eigenvalue weighted by Crippen LogP contribution is -2.38. The first kappa shape index (κ1) is 18.9. The molecule has 3 aromatic heterocycles. The normalized spacial score (nSPS) is 14.6. The third kappa shape index (κ3) is 4.68. The number of carbonyl (C=O) groups is 1. The predicted molar refractivity (Wildman–Crippen MR) is 112 cm³/mol. The van der Waals surface area contributed by atoms with Gasteiger partial charge in [-0.1, -0.05) is 6.07 Å². The highest BCUT2D eigenvalue weighted by Crippen LogP contribution is 2.23. The van der Waals surface area contributed by atoms with Crippen molar-refractivity contribution in [1.82, 2.24) is 14.5 Å². The van der Waals surface area contributed by atoms with Gasteiger partial charge in [0, 0.05) is 61.7 Å². The van der Waals surface area contributed by atoms with E-state index in [2.05, 4.69) is 20.2 Å². The molecule has 29 heavy (non-hydrogen) atoms. The number of anilines is 2. The van der Waals surface area contributed by atoms with Crippen LogP contribution in [0.2, 0.25) is 0 Å². The molecule has 0 unspecified atom stereocenters. The summed E-state index contributed by atoms with van der Waals surface area (Å²) in [6.45, 7) is 2.09. The Hall–Kier alpha value is -3.48. The summed E-state index contributed by atoms with van der Waals surface area (Å²) < 4.78 is 1.58. The molecule has 0 spiro atoms. The third-order valence-electron chi connectivity index (χ3n) is 5.22. The Labute approximate surface area is 169 Å². The fourth-order valence-corrected chi connectivity index (χ4v) is 3.62. The van der Waals surface area contributed by atoms with Crippen LogP contribution in [0.15, 0.2) is 72.2 Å². The zero-order valence-corrected chi connectivity index (χ0v) is 16.1. The third-order valence-corrected chi connectivity index (χ3v) is 5.22. The minimum atomic E-state index is -0.113. The van der Waals surface area contributed by atoms with Crippen molar-refractivity contribution < 1.29 is 4.79 Å². The maximum Gasteiger partial charge on any atom is 0.250 e. The summed E-state index contributed by atoms with van der Waals surface area (Å²) in [5.74, 6) is -0.0299.